The lowest BCUT2D eigenvalue weighted by molar-refractivity contribution is -0.136. The molecule has 5 nitrogen and oxygen atoms in total. The first-order chi connectivity index (χ1) is 10.8. The Kier molecular flexibility index (Phi) is 4.84. The highest BCUT2D eigenvalue weighted by Crippen LogP contribution is 2.38. The number of esters is 1. The largest absolute Gasteiger partial charge is 0.491 e. The van der Waals surface area contributed by atoms with Crippen LogP contribution >= 0.6 is 0 Å². The van der Waals surface area contributed by atoms with Crippen LogP contribution in [0.15, 0.2) is 18.2 Å². The summed E-state index contributed by atoms with van der Waals surface area (Å²) < 4.78 is 51.1. The number of carbonyl (C=O) groups excluding carboxylic acids is 1. The standard InChI is InChI=1S/C15H16F3NO4/c1-3-22-14(21)13-8-10-11(15(16,17)18)6-9(23-5-4-20)7-12(10)19(13)2/h6-8,20H,3-5H2,1-2H3. The predicted octanol–water partition coefficient (Wildman–Crippen LogP) is 2.74. The third kappa shape index (κ3) is 3.42. The Bertz CT molecular complexity index is 722. The molecule has 0 fully saturated rings. The molecule has 2 aromatic rings. The summed E-state index contributed by atoms with van der Waals surface area (Å²) in [6.45, 7) is 1.29. The van der Waals surface area contributed by atoms with E-state index in [9.17, 15) is 18.0 Å². The van der Waals surface area contributed by atoms with Crippen molar-refractivity contribution in [3.63, 3.8) is 0 Å². The average molecular weight is 331 g/mol. The van der Waals surface area contributed by atoms with Gasteiger partial charge < -0.3 is 19.1 Å². The third-order valence-corrected chi connectivity index (χ3v) is 3.29. The van der Waals surface area contributed by atoms with E-state index in [4.69, 9.17) is 14.6 Å². The van der Waals surface area contributed by atoms with Crippen molar-refractivity contribution in [1.29, 1.82) is 0 Å². The van der Waals surface area contributed by atoms with Crippen LogP contribution in [0, 0.1) is 0 Å². The minimum Gasteiger partial charge on any atom is -0.491 e. The maximum Gasteiger partial charge on any atom is 0.417 e. The number of hydrogen-bond donors (Lipinski definition) is 1. The molecule has 1 aromatic carbocycles. The molecular weight excluding hydrogens is 315 g/mol. The van der Waals surface area contributed by atoms with E-state index >= 15 is 0 Å². The third-order valence-electron chi connectivity index (χ3n) is 3.29. The first kappa shape index (κ1) is 17.1. The van der Waals surface area contributed by atoms with Gasteiger partial charge in [0.15, 0.2) is 0 Å². The van der Waals surface area contributed by atoms with E-state index in [0.717, 1.165) is 12.1 Å². The zero-order chi connectivity index (χ0) is 17.2. The molecule has 0 saturated heterocycles. The maximum atomic E-state index is 13.3. The van der Waals surface area contributed by atoms with Gasteiger partial charge in [0.05, 0.1) is 24.3 Å². The fraction of sp³-hybridized carbons (Fsp3) is 0.400. The molecule has 0 unspecified atom stereocenters. The van der Waals surface area contributed by atoms with Gasteiger partial charge in [0, 0.05) is 18.5 Å². The van der Waals surface area contributed by atoms with E-state index in [1.165, 1.54) is 17.7 Å². The van der Waals surface area contributed by atoms with Gasteiger partial charge in [-0.2, -0.15) is 13.2 Å². The van der Waals surface area contributed by atoms with E-state index in [-0.39, 0.29) is 42.2 Å². The topological polar surface area (TPSA) is 60.7 Å². The number of nitrogens with zero attached hydrogens (tertiary/aromatic N) is 1. The number of hydrogen-bond acceptors (Lipinski definition) is 4. The number of aliphatic hydroxyl groups is 1. The predicted molar refractivity (Wildman–Crippen MR) is 76.5 cm³/mol. The van der Waals surface area contributed by atoms with Gasteiger partial charge in [0.2, 0.25) is 0 Å². The van der Waals surface area contributed by atoms with Crippen LogP contribution in [0.5, 0.6) is 5.75 Å². The molecule has 0 radical (unpaired) electrons. The zero-order valence-electron chi connectivity index (χ0n) is 12.6. The SMILES string of the molecule is CCOC(=O)c1cc2c(C(F)(F)F)cc(OCCO)cc2n1C. The van der Waals surface area contributed by atoms with Crippen LogP contribution in [-0.2, 0) is 18.0 Å². The van der Waals surface area contributed by atoms with Gasteiger partial charge in [-0.25, -0.2) is 4.79 Å². The van der Waals surface area contributed by atoms with Gasteiger partial charge in [-0.3, -0.25) is 0 Å². The lowest BCUT2D eigenvalue weighted by Gasteiger charge is -2.12. The summed E-state index contributed by atoms with van der Waals surface area (Å²) in [6, 6.07) is 3.40. The van der Waals surface area contributed by atoms with Crippen molar-refractivity contribution < 1.29 is 32.5 Å². The Morgan fingerprint density at radius 1 is 1.30 bits per heavy atom. The Morgan fingerprint density at radius 3 is 2.57 bits per heavy atom. The van der Waals surface area contributed by atoms with Crippen LogP contribution in [0.25, 0.3) is 10.9 Å². The van der Waals surface area contributed by atoms with Crippen LogP contribution in [0.2, 0.25) is 0 Å². The molecule has 1 aromatic heterocycles. The molecule has 0 aliphatic carbocycles. The molecule has 0 spiro atoms. The molecular formula is C15H16F3NO4. The second kappa shape index (κ2) is 6.49. The fourth-order valence-electron chi connectivity index (χ4n) is 2.29. The monoisotopic (exact) mass is 331 g/mol. The summed E-state index contributed by atoms with van der Waals surface area (Å²) in [6.07, 6.45) is -4.61. The zero-order valence-corrected chi connectivity index (χ0v) is 12.6. The molecule has 0 bridgehead atoms. The normalized spacial score (nSPS) is 11.7. The molecule has 23 heavy (non-hydrogen) atoms. The summed E-state index contributed by atoms with van der Waals surface area (Å²) in [5, 5.41) is 8.64. The van der Waals surface area contributed by atoms with Crippen molar-refractivity contribution in [2.75, 3.05) is 19.8 Å². The molecule has 0 aliphatic heterocycles. The molecule has 0 saturated carbocycles. The Balaban J connectivity index is 2.65. The molecule has 1 heterocycles. The molecule has 8 heteroatoms. The quantitative estimate of drug-likeness (QED) is 0.856. The van der Waals surface area contributed by atoms with Crippen LogP contribution in [0.4, 0.5) is 13.2 Å². The Hall–Kier alpha value is -2.22. The highest BCUT2D eigenvalue weighted by atomic mass is 19.4. The van der Waals surface area contributed by atoms with Crippen molar-refractivity contribution >= 4 is 16.9 Å². The number of rotatable bonds is 5. The fourth-order valence-corrected chi connectivity index (χ4v) is 2.29. The summed E-state index contributed by atoms with van der Waals surface area (Å²) in [7, 11) is 1.48. The first-order valence-corrected chi connectivity index (χ1v) is 6.91. The van der Waals surface area contributed by atoms with Crippen LogP contribution in [-0.4, -0.2) is 35.5 Å². The lowest BCUT2D eigenvalue weighted by atomic mass is 10.1. The molecule has 0 aliphatic rings. The number of fused-ring (bicyclic) bond motifs is 1. The van der Waals surface area contributed by atoms with Crippen molar-refractivity contribution in [2.45, 2.75) is 13.1 Å². The minimum absolute atomic E-state index is 0.0201. The minimum atomic E-state index is -4.61. The Labute approximate surface area is 130 Å². The lowest BCUT2D eigenvalue weighted by Crippen LogP contribution is -2.09. The van der Waals surface area contributed by atoms with Gasteiger partial charge >= 0.3 is 12.1 Å². The van der Waals surface area contributed by atoms with E-state index < -0.39 is 17.7 Å². The molecule has 0 amide bonds. The van der Waals surface area contributed by atoms with E-state index in [0.29, 0.717) is 0 Å². The van der Waals surface area contributed by atoms with Crippen molar-refractivity contribution in [2.24, 2.45) is 7.05 Å². The summed E-state index contributed by atoms with van der Waals surface area (Å²) in [5.74, 6) is -0.729. The number of ether oxygens (including phenoxy) is 2. The van der Waals surface area contributed by atoms with E-state index in [1.807, 2.05) is 0 Å². The molecule has 126 valence electrons. The molecule has 2 rings (SSSR count). The first-order valence-electron chi connectivity index (χ1n) is 6.91. The second-order valence-electron chi connectivity index (χ2n) is 4.78. The van der Waals surface area contributed by atoms with Crippen molar-refractivity contribution in [1.82, 2.24) is 4.57 Å². The number of aliphatic hydroxyl groups excluding tert-OH is 1. The molecule has 0 atom stereocenters. The van der Waals surface area contributed by atoms with Crippen LogP contribution < -0.4 is 4.74 Å². The number of halogens is 3. The van der Waals surface area contributed by atoms with Gasteiger partial charge in [-0.05, 0) is 19.1 Å². The van der Waals surface area contributed by atoms with Gasteiger partial charge in [-0.1, -0.05) is 0 Å². The van der Waals surface area contributed by atoms with E-state index in [2.05, 4.69) is 0 Å². The van der Waals surface area contributed by atoms with E-state index in [1.54, 1.807) is 6.92 Å². The van der Waals surface area contributed by atoms with Crippen molar-refractivity contribution in [3.8, 4) is 5.75 Å². The summed E-state index contributed by atoms with van der Waals surface area (Å²) >= 11 is 0. The number of benzene rings is 1. The number of aryl methyl sites for hydroxylation is 1. The number of carbonyl (C=O) groups is 1. The van der Waals surface area contributed by atoms with Gasteiger partial charge in [0.1, 0.15) is 18.1 Å². The Morgan fingerprint density at radius 2 is 2.00 bits per heavy atom. The van der Waals surface area contributed by atoms with Gasteiger partial charge in [0.25, 0.3) is 0 Å². The van der Waals surface area contributed by atoms with Gasteiger partial charge in [-0.15, -0.1) is 0 Å². The second-order valence-corrected chi connectivity index (χ2v) is 4.78. The number of alkyl halides is 3. The van der Waals surface area contributed by atoms with Crippen LogP contribution in [0.3, 0.4) is 0 Å². The summed E-state index contributed by atoms with van der Waals surface area (Å²) in [5.41, 5.74) is -0.698. The highest BCUT2D eigenvalue weighted by molar-refractivity contribution is 5.97. The smallest absolute Gasteiger partial charge is 0.417 e. The molecule has 1 N–H and O–H groups in total. The summed E-state index contributed by atoms with van der Waals surface area (Å²) in [4.78, 5) is 11.9. The van der Waals surface area contributed by atoms with Crippen LogP contribution in [0.1, 0.15) is 23.0 Å². The maximum absolute atomic E-state index is 13.3. The highest BCUT2D eigenvalue weighted by Gasteiger charge is 2.34. The van der Waals surface area contributed by atoms with Crippen molar-refractivity contribution in [3.05, 3.63) is 29.5 Å². The number of aromatic nitrogens is 1. The average Bonchev–Trinajstić information content (AvgIpc) is 2.81.